The van der Waals surface area contributed by atoms with Crippen LogP contribution in [0, 0.1) is 11.7 Å². The van der Waals surface area contributed by atoms with Gasteiger partial charge >= 0.3 is 5.97 Å². The van der Waals surface area contributed by atoms with E-state index < -0.39 is 0 Å². The predicted molar refractivity (Wildman–Crippen MR) is 65.8 cm³/mol. The Bertz CT molecular complexity index is 618. The molecular formula is C14H14FNO2. The second-order valence-corrected chi connectivity index (χ2v) is 4.73. The molecule has 0 saturated heterocycles. The molecule has 2 aromatic rings. The lowest BCUT2D eigenvalue weighted by atomic mass is 9.86. The average molecular weight is 247 g/mol. The molecule has 3 nitrogen and oxygen atoms in total. The molecule has 1 heterocycles. The highest BCUT2D eigenvalue weighted by atomic mass is 19.1. The number of hydrogen-bond donors (Lipinski definition) is 1. The van der Waals surface area contributed by atoms with Crippen LogP contribution >= 0.6 is 0 Å². The van der Waals surface area contributed by atoms with Gasteiger partial charge in [0, 0.05) is 16.6 Å². The highest BCUT2D eigenvalue weighted by Crippen LogP contribution is 2.32. The first-order valence-corrected chi connectivity index (χ1v) is 6.06. The van der Waals surface area contributed by atoms with E-state index in [1.807, 2.05) is 0 Å². The maximum absolute atomic E-state index is 13.3. The minimum Gasteiger partial charge on any atom is -0.469 e. The van der Waals surface area contributed by atoms with Gasteiger partial charge in [0.2, 0.25) is 0 Å². The van der Waals surface area contributed by atoms with E-state index in [1.165, 1.54) is 19.2 Å². The SMILES string of the molecule is COC(=O)C1CCc2[nH]c3ccc(F)cc3c2C1. The smallest absolute Gasteiger partial charge is 0.309 e. The molecule has 1 unspecified atom stereocenters. The van der Waals surface area contributed by atoms with Gasteiger partial charge in [-0.3, -0.25) is 4.79 Å². The summed E-state index contributed by atoms with van der Waals surface area (Å²) in [6.07, 6.45) is 2.23. The van der Waals surface area contributed by atoms with Crippen molar-refractivity contribution in [1.29, 1.82) is 0 Å². The molecule has 1 aromatic heterocycles. The third-order valence-corrected chi connectivity index (χ3v) is 3.68. The maximum atomic E-state index is 13.3. The number of ether oxygens (including phenoxy) is 1. The maximum Gasteiger partial charge on any atom is 0.309 e. The molecule has 0 amide bonds. The van der Waals surface area contributed by atoms with Crippen LogP contribution in [0.25, 0.3) is 10.9 Å². The molecule has 3 rings (SSSR count). The van der Waals surface area contributed by atoms with Crippen LogP contribution in [0.2, 0.25) is 0 Å². The first-order chi connectivity index (χ1) is 8.69. The number of methoxy groups -OCH3 is 1. The molecule has 1 aliphatic rings. The van der Waals surface area contributed by atoms with Gasteiger partial charge < -0.3 is 9.72 Å². The van der Waals surface area contributed by atoms with Gasteiger partial charge in [0.15, 0.2) is 0 Å². The number of fused-ring (bicyclic) bond motifs is 3. The minimum absolute atomic E-state index is 0.107. The number of aromatic amines is 1. The Morgan fingerprint density at radius 3 is 3.11 bits per heavy atom. The third-order valence-electron chi connectivity index (χ3n) is 3.68. The number of aryl methyl sites for hydroxylation is 1. The number of halogens is 1. The van der Waals surface area contributed by atoms with Crippen LogP contribution in [-0.2, 0) is 22.4 Å². The summed E-state index contributed by atoms with van der Waals surface area (Å²) in [7, 11) is 1.41. The van der Waals surface area contributed by atoms with Gasteiger partial charge in [0.1, 0.15) is 5.82 Å². The molecule has 0 radical (unpaired) electrons. The summed E-state index contributed by atoms with van der Waals surface area (Å²) in [4.78, 5) is 14.9. The van der Waals surface area contributed by atoms with Gasteiger partial charge in [-0.1, -0.05) is 0 Å². The molecule has 4 heteroatoms. The summed E-state index contributed by atoms with van der Waals surface area (Å²) in [5, 5.41) is 0.888. The molecule has 18 heavy (non-hydrogen) atoms. The summed E-state index contributed by atoms with van der Waals surface area (Å²) in [5.74, 6) is -0.527. The number of esters is 1. The monoisotopic (exact) mass is 247 g/mol. The summed E-state index contributed by atoms with van der Waals surface area (Å²) in [6.45, 7) is 0. The van der Waals surface area contributed by atoms with Crippen molar-refractivity contribution in [3.8, 4) is 0 Å². The van der Waals surface area contributed by atoms with Gasteiger partial charge in [-0.05, 0) is 43.0 Å². The largest absolute Gasteiger partial charge is 0.469 e. The van der Waals surface area contributed by atoms with E-state index in [1.54, 1.807) is 6.07 Å². The van der Waals surface area contributed by atoms with E-state index in [0.29, 0.717) is 6.42 Å². The molecule has 0 aliphatic heterocycles. The van der Waals surface area contributed by atoms with Crippen LogP contribution in [0.1, 0.15) is 17.7 Å². The molecule has 1 atom stereocenters. The van der Waals surface area contributed by atoms with Crippen molar-refractivity contribution in [2.24, 2.45) is 5.92 Å². The molecule has 0 bridgehead atoms. The quantitative estimate of drug-likeness (QED) is 0.787. The molecule has 0 spiro atoms. The van der Waals surface area contributed by atoms with Crippen molar-refractivity contribution >= 4 is 16.9 Å². The number of hydrogen-bond acceptors (Lipinski definition) is 2. The van der Waals surface area contributed by atoms with Gasteiger partial charge in [-0.25, -0.2) is 4.39 Å². The van der Waals surface area contributed by atoms with Crippen molar-refractivity contribution in [2.45, 2.75) is 19.3 Å². The molecular weight excluding hydrogens is 233 g/mol. The number of benzene rings is 1. The number of nitrogens with one attached hydrogen (secondary N) is 1. The molecule has 0 fully saturated rings. The Balaban J connectivity index is 2.05. The Kier molecular flexibility index (Phi) is 2.58. The molecule has 1 N–H and O–H groups in total. The Hall–Kier alpha value is -1.84. The predicted octanol–water partition coefficient (Wildman–Crippen LogP) is 2.58. The van der Waals surface area contributed by atoms with E-state index in [9.17, 15) is 9.18 Å². The van der Waals surface area contributed by atoms with E-state index in [2.05, 4.69) is 4.98 Å². The zero-order chi connectivity index (χ0) is 12.7. The van der Waals surface area contributed by atoms with E-state index in [-0.39, 0.29) is 17.7 Å². The average Bonchev–Trinajstić information content (AvgIpc) is 2.75. The van der Waals surface area contributed by atoms with Crippen LogP contribution in [-0.4, -0.2) is 18.1 Å². The minimum atomic E-state index is -0.246. The number of aromatic nitrogens is 1. The summed E-state index contributed by atoms with van der Waals surface area (Å²) >= 11 is 0. The third kappa shape index (κ3) is 1.68. The van der Waals surface area contributed by atoms with Gasteiger partial charge in [0.05, 0.1) is 13.0 Å². The van der Waals surface area contributed by atoms with E-state index in [4.69, 9.17) is 4.74 Å². The van der Waals surface area contributed by atoms with Crippen molar-refractivity contribution in [3.63, 3.8) is 0 Å². The number of H-pyrrole nitrogens is 1. The lowest BCUT2D eigenvalue weighted by Gasteiger charge is -2.20. The fourth-order valence-electron chi connectivity index (χ4n) is 2.76. The second kappa shape index (κ2) is 4.12. The number of carbonyl (C=O) groups is 1. The topological polar surface area (TPSA) is 42.1 Å². The fraction of sp³-hybridized carbons (Fsp3) is 0.357. The molecule has 1 aliphatic carbocycles. The van der Waals surface area contributed by atoms with E-state index in [0.717, 1.165) is 35.0 Å². The van der Waals surface area contributed by atoms with Gasteiger partial charge in [-0.2, -0.15) is 0 Å². The van der Waals surface area contributed by atoms with Crippen LogP contribution in [0.3, 0.4) is 0 Å². The first-order valence-electron chi connectivity index (χ1n) is 6.06. The van der Waals surface area contributed by atoms with E-state index >= 15 is 0 Å². The molecule has 94 valence electrons. The normalized spacial score (nSPS) is 18.7. The lowest BCUT2D eigenvalue weighted by Crippen LogP contribution is -2.23. The van der Waals surface area contributed by atoms with Crippen LogP contribution in [0.5, 0.6) is 0 Å². The highest BCUT2D eigenvalue weighted by Gasteiger charge is 2.27. The Morgan fingerprint density at radius 2 is 2.33 bits per heavy atom. The highest BCUT2D eigenvalue weighted by molar-refractivity contribution is 5.86. The van der Waals surface area contributed by atoms with Gasteiger partial charge in [-0.15, -0.1) is 0 Å². The van der Waals surface area contributed by atoms with Crippen LogP contribution < -0.4 is 0 Å². The van der Waals surface area contributed by atoms with Crippen molar-refractivity contribution in [3.05, 3.63) is 35.3 Å². The zero-order valence-electron chi connectivity index (χ0n) is 10.1. The lowest BCUT2D eigenvalue weighted by molar-refractivity contribution is -0.145. The fourth-order valence-corrected chi connectivity index (χ4v) is 2.76. The Morgan fingerprint density at radius 1 is 1.50 bits per heavy atom. The summed E-state index contributed by atoms with van der Waals surface area (Å²) < 4.78 is 18.1. The van der Waals surface area contributed by atoms with Crippen molar-refractivity contribution < 1.29 is 13.9 Å². The number of carbonyl (C=O) groups excluding carboxylic acids is 1. The van der Waals surface area contributed by atoms with Crippen LogP contribution in [0.15, 0.2) is 18.2 Å². The molecule has 1 aromatic carbocycles. The standard InChI is InChI=1S/C14H14FNO2/c1-18-14(17)8-2-4-12-10(6-8)11-7-9(15)3-5-13(11)16-12/h3,5,7-8,16H,2,4,6H2,1H3. The van der Waals surface area contributed by atoms with Crippen molar-refractivity contribution in [2.75, 3.05) is 7.11 Å². The zero-order valence-corrected chi connectivity index (χ0v) is 10.1. The van der Waals surface area contributed by atoms with Crippen molar-refractivity contribution in [1.82, 2.24) is 4.98 Å². The second-order valence-electron chi connectivity index (χ2n) is 4.73. The number of rotatable bonds is 1. The van der Waals surface area contributed by atoms with Crippen LogP contribution in [0.4, 0.5) is 4.39 Å². The summed E-state index contributed by atoms with van der Waals surface area (Å²) in [5.41, 5.74) is 3.12. The Labute approximate surface area is 104 Å². The summed E-state index contributed by atoms with van der Waals surface area (Å²) in [6, 6.07) is 4.72. The molecule has 0 saturated carbocycles. The first kappa shape index (κ1) is 11.3. The van der Waals surface area contributed by atoms with Gasteiger partial charge in [0.25, 0.3) is 0 Å².